The Morgan fingerprint density at radius 2 is 1.18 bits per heavy atom. The van der Waals surface area contributed by atoms with Gasteiger partial charge in [0.2, 0.25) is 0 Å². The molecule has 0 bridgehead atoms. The first kappa shape index (κ1) is 32.4. The fourth-order valence-electron chi connectivity index (χ4n) is 8.09. The van der Waals surface area contributed by atoms with Crippen LogP contribution < -0.4 is 0 Å². The molecule has 232 valence electrons. The molecule has 4 heteroatoms. The lowest BCUT2D eigenvalue weighted by atomic mass is 9.50. The van der Waals surface area contributed by atoms with Crippen LogP contribution in [0.4, 0.5) is 0 Å². The molecule has 4 aromatic rings. The average molecular weight is 606 g/mol. The zero-order valence-corrected chi connectivity index (χ0v) is 29.8. The summed E-state index contributed by atoms with van der Waals surface area (Å²) in [6, 6.07) is 43.1. The van der Waals surface area contributed by atoms with Gasteiger partial charge in [-0.1, -0.05) is 156 Å². The van der Waals surface area contributed by atoms with Gasteiger partial charge >= 0.3 is 0 Å². The molecule has 1 saturated heterocycles. The molecule has 1 heterocycles. The van der Waals surface area contributed by atoms with E-state index in [1.807, 2.05) is 0 Å². The number of nitrogens with zero attached hydrogens (tertiary/aromatic N) is 1. The van der Waals surface area contributed by atoms with Gasteiger partial charge in [0.15, 0.2) is 0 Å². The average Bonchev–Trinajstić information content (AvgIpc) is 3.05. The zero-order valence-electron chi connectivity index (χ0n) is 27.8. The molecule has 0 amide bonds. The van der Waals surface area contributed by atoms with E-state index in [4.69, 9.17) is 9.16 Å². The van der Waals surface area contributed by atoms with E-state index in [-0.39, 0.29) is 10.8 Å². The lowest BCUT2D eigenvalue weighted by molar-refractivity contribution is -0.256. The Labute approximate surface area is 269 Å². The van der Waals surface area contributed by atoms with Gasteiger partial charge in [0.1, 0.15) is 21.8 Å². The summed E-state index contributed by atoms with van der Waals surface area (Å²) in [4.78, 5) is 2.60. The van der Waals surface area contributed by atoms with Gasteiger partial charge in [0.05, 0.1) is 6.61 Å². The van der Waals surface area contributed by atoms with Gasteiger partial charge in [-0.05, 0) is 52.8 Å². The van der Waals surface area contributed by atoms with Crippen LogP contribution in [0, 0.1) is 22.7 Å². The first-order chi connectivity index (χ1) is 21.1. The van der Waals surface area contributed by atoms with Gasteiger partial charge < -0.3 is 9.16 Å². The van der Waals surface area contributed by atoms with Crippen LogP contribution >= 0.6 is 0 Å². The molecular weight excluding hydrogens is 555 g/mol. The van der Waals surface area contributed by atoms with E-state index in [2.05, 4.69) is 168 Å². The number of ether oxygens (including phenoxy) is 1. The minimum absolute atomic E-state index is 0.00414. The second kappa shape index (κ2) is 13.1. The van der Waals surface area contributed by atoms with Crippen LogP contribution in [-0.2, 0) is 21.3 Å². The molecule has 0 spiro atoms. The second-order valence-electron chi connectivity index (χ2n) is 14.0. The first-order valence-electron chi connectivity index (χ1n) is 16.2. The Morgan fingerprint density at radius 1 is 0.750 bits per heavy atom. The fraction of sp³-hybridized carbons (Fsp3) is 0.400. The first-order valence-corrected chi connectivity index (χ1v) is 17.0. The molecule has 4 aromatic carbocycles. The molecule has 0 N–H and O–H groups in total. The number of rotatable bonds is 10. The fourth-order valence-corrected chi connectivity index (χ4v) is 8.77. The monoisotopic (exact) mass is 605 g/mol. The molecule has 1 fully saturated rings. The van der Waals surface area contributed by atoms with Gasteiger partial charge in [-0.25, -0.2) is 0 Å². The number of benzene rings is 4. The minimum atomic E-state index is -0.721. The zero-order chi connectivity index (χ0) is 31.4. The van der Waals surface area contributed by atoms with Crippen molar-refractivity contribution in [3.8, 4) is 0 Å². The molecule has 4 atom stereocenters. The van der Waals surface area contributed by atoms with Crippen molar-refractivity contribution in [1.82, 2.24) is 4.90 Å². The SMILES string of the molecule is CC(COC(c1ccccc1)(c1ccccc1)c1ccccc1)C1CCN(Cc2ccccc2)C(C)(O[SiH3])C1(C)C(C)(C)C. The molecule has 1 aliphatic rings. The summed E-state index contributed by atoms with van der Waals surface area (Å²) in [5.74, 6) is 0.693. The van der Waals surface area contributed by atoms with Crippen LogP contribution in [0.5, 0.6) is 0 Å². The quantitative estimate of drug-likeness (QED) is 0.134. The number of hydrogen-bond donors (Lipinski definition) is 0. The predicted octanol–water partition coefficient (Wildman–Crippen LogP) is 8.22. The normalized spacial score (nSPS) is 23.8. The van der Waals surface area contributed by atoms with Gasteiger partial charge in [0.25, 0.3) is 0 Å². The molecule has 0 saturated carbocycles. The highest BCUT2D eigenvalue weighted by Crippen LogP contribution is 2.60. The Morgan fingerprint density at radius 3 is 1.59 bits per heavy atom. The van der Waals surface area contributed by atoms with E-state index in [1.54, 1.807) is 0 Å². The van der Waals surface area contributed by atoms with Crippen LogP contribution in [-0.4, -0.2) is 34.3 Å². The number of likely N-dealkylation sites (tertiary alicyclic amines) is 1. The summed E-state index contributed by atoms with van der Waals surface area (Å²) in [7, 11) is 0.673. The Bertz CT molecular complexity index is 1360. The molecular formula is C40H51NO2Si. The smallest absolute Gasteiger partial charge is 0.148 e. The molecule has 3 nitrogen and oxygen atoms in total. The van der Waals surface area contributed by atoms with Crippen molar-refractivity contribution < 1.29 is 9.16 Å². The number of hydrogen-bond acceptors (Lipinski definition) is 3. The molecule has 44 heavy (non-hydrogen) atoms. The van der Waals surface area contributed by atoms with Crippen LogP contribution in [0.3, 0.4) is 0 Å². The van der Waals surface area contributed by atoms with E-state index in [1.165, 1.54) is 5.56 Å². The highest BCUT2D eigenvalue weighted by Gasteiger charge is 2.62. The largest absolute Gasteiger partial charge is 0.410 e. The third-order valence-electron chi connectivity index (χ3n) is 11.0. The third kappa shape index (κ3) is 5.74. The molecule has 0 radical (unpaired) electrons. The predicted molar refractivity (Wildman–Crippen MR) is 186 cm³/mol. The van der Waals surface area contributed by atoms with Gasteiger partial charge in [-0.15, -0.1) is 0 Å². The Hall–Kier alpha value is -3.02. The third-order valence-corrected chi connectivity index (χ3v) is 11.8. The Balaban J connectivity index is 1.53. The Kier molecular flexibility index (Phi) is 9.67. The summed E-state index contributed by atoms with van der Waals surface area (Å²) >= 11 is 0. The van der Waals surface area contributed by atoms with Gasteiger partial charge in [0, 0.05) is 18.5 Å². The summed E-state index contributed by atoms with van der Waals surface area (Å²) in [5.41, 5.74) is 3.52. The van der Waals surface area contributed by atoms with Crippen molar-refractivity contribution in [2.24, 2.45) is 22.7 Å². The van der Waals surface area contributed by atoms with Gasteiger partial charge in [-0.2, -0.15) is 0 Å². The van der Waals surface area contributed by atoms with E-state index in [0.29, 0.717) is 28.9 Å². The maximum absolute atomic E-state index is 7.39. The molecule has 4 unspecified atom stereocenters. The van der Waals surface area contributed by atoms with Crippen LogP contribution in [0.15, 0.2) is 121 Å². The van der Waals surface area contributed by atoms with E-state index in [0.717, 1.165) is 36.2 Å². The summed E-state index contributed by atoms with van der Waals surface area (Å²) in [6.45, 7) is 17.0. The second-order valence-corrected chi connectivity index (χ2v) is 14.4. The lowest BCUT2D eigenvalue weighted by Crippen LogP contribution is -2.69. The van der Waals surface area contributed by atoms with Crippen molar-refractivity contribution in [2.45, 2.75) is 65.8 Å². The maximum atomic E-state index is 7.39. The van der Waals surface area contributed by atoms with Crippen LogP contribution in [0.1, 0.15) is 70.2 Å². The van der Waals surface area contributed by atoms with Crippen molar-refractivity contribution in [2.75, 3.05) is 13.2 Å². The molecule has 5 rings (SSSR count). The van der Waals surface area contributed by atoms with E-state index >= 15 is 0 Å². The summed E-state index contributed by atoms with van der Waals surface area (Å²) in [5, 5.41) is 0. The molecule has 0 aromatic heterocycles. The molecule has 0 aliphatic carbocycles. The van der Waals surface area contributed by atoms with Gasteiger partial charge in [-0.3, -0.25) is 4.90 Å². The highest BCUT2D eigenvalue weighted by molar-refractivity contribution is 5.98. The summed E-state index contributed by atoms with van der Waals surface area (Å²) in [6.07, 6.45) is 1.10. The molecule has 1 aliphatic heterocycles. The lowest BCUT2D eigenvalue weighted by Gasteiger charge is -2.65. The van der Waals surface area contributed by atoms with Crippen molar-refractivity contribution in [3.05, 3.63) is 144 Å². The summed E-state index contributed by atoms with van der Waals surface area (Å²) < 4.78 is 14.2. The number of piperidine rings is 1. The highest BCUT2D eigenvalue weighted by atomic mass is 28.2. The maximum Gasteiger partial charge on any atom is 0.148 e. The van der Waals surface area contributed by atoms with Crippen molar-refractivity contribution >= 4 is 10.5 Å². The van der Waals surface area contributed by atoms with Crippen molar-refractivity contribution in [3.63, 3.8) is 0 Å². The van der Waals surface area contributed by atoms with E-state index in [9.17, 15) is 0 Å². The van der Waals surface area contributed by atoms with Crippen LogP contribution in [0.25, 0.3) is 0 Å². The van der Waals surface area contributed by atoms with Crippen molar-refractivity contribution in [1.29, 1.82) is 0 Å². The minimum Gasteiger partial charge on any atom is -0.410 e. The standard InChI is InChI=1S/C40H51NO2Si/c1-31(36-27-28-41(29-32-19-11-7-12-20-32)39(6,43-44)38(36,5)37(2,3)4)30-42-40(33-21-13-8-14-22-33,34-23-15-9-16-24-34)35-25-17-10-18-26-35/h7-26,31,36H,27-30H2,1-6,44H3. The van der Waals surface area contributed by atoms with Crippen LogP contribution in [0.2, 0.25) is 0 Å². The topological polar surface area (TPSA) is 21.7 Å². The van der Waals surface area contributed by atoms with E-state index < -0.39 is 11.3 Å².